The highest BCUT2D eigenvalue weighted by molar-refractivity contribution is 5.82. The van der Waals surface area contributed by atoms with Gasteiger partial charge in [-0.15, -0.1) is 0 Å². The second-order valence-electron chi connectivity index (χ2n) is 14.2. The van der Waals surface area contributed by atoms with Crippen LogP contribution in [0.15, 0.2) is 0 Å². The van der Waals surface area contributed by atoms with Gasteiger partial charge < -0.3 is 24.7 Å². The van der Waals surface area contributed by atoms with Gasteiger partial charge in [0.25, 0.3) is 0 Å². The number of carboxylic acids is 2. The second-order valence-corrected chi connectivity index (χ2v) is 14.2. The fourth-order valence-corrected chi connectivity index (χ4v) is 6.49. The van der Waals surface area contributed by atoms with Gasteiger partial charge >= 0.3 is 11.9 Å². The van der Waals surface area contributed by atoms with Crippen LogP contribution in [0.25, 0.3) is 0 Å². The number of rotatable bonds is 26. The first-order chi connectivity index (χ1) is 21.6. The van der Waals surface area contributed by atoms with Crippen LogP contribution in [0, 0.1) is 11.8 Å². The van der Waals surface area contributed by atoms with Crippen molar-refractivity contribution in [1.82, 2.24) is 9.80 Å². The monoisotopic (exact) mass is 641 g/mol. The van der Waals surface area contributed by atoms with Gasteiger partial charge in [0.05, 0.1) is 24.0 Å². The van der Waals surface area contributed by atoms with Crippen LogP contribution in [0.1, 0.15) is 168 Å². The SMILES string of the molecule is CCCCCCCCCCCCCN(C)C.CCCCCCCCCCCCCN(C)C.O=C(O)[C@@H]1[C@H](C(=O)O)[C@H]2CC[C@@H]1O2. The number of fused-ring (bicyclic) bond motifs is 2. The molecule has 0 radical (unpaired) electrons. The highest BCUT2D eigenvalue weighted by Gasteiger charge is 2.55. The van der Waals surface area contributed by atoms with Crippen LogP contribution in [0.3, 0.4) is 0 Å². The fourth-order valence-electron chi connectivity index (χ4n) is 6.49. The van der Waals surface area contributed by atoms with E-state index in [0.717, 1.165) is 0 Å². The third-order valence-corrected chi connectivity index (χ3v) is 9.26. The summed E-state index contributed by atoms with van der Waals surface area (Å²) in [5, 5.41) is 17.6. The van der Waals surface area contributed by atoms with E-state index in [-0.39, 0.29) is 12.2 Å². The van der Waals surface area contributed by atoms with Crippen molar-refractivity contribution in [2.24, 2.45) is 11.8 Å². The Labute approximate surface area is 279 Å². The third kappa shape index (κ3) is 24.6. The van der Waals surface area contributed by atoms with Crippen molar-refractivity contribution in [2.45, 2.75) is 180 Å². The van der Waals surface area contributed by atoms with Crippen molar-refractivity contribution in [3.63, 3.8) is 0 Å². The molecular formula is C38H76N2O5. The Morgan fingerprint density at radius 2 is 0.733 bits per heavy atom. The van der Waals surface area contributed by atoms with Gasteiger partial charge in [0.2, 0.25) is 0 Å². The lowest BCUT2D eigenvalue weighted by Crippen LogP contribution is -2.38. The number of ether oxygens (including phenoxy) is 1. The Kier molecular flexibility index (Phi) is 29.4. The lowest BCUT2D eigenvalue weighted by molar-refractivity contribution is -0.154. The first-order valence-corrected chi connectivity index (χ1v) is 19.1. The first kappa shape index (κ1) is 43.8. The van der Waals surface area contributed by atoms with E-state index in [1.807, 2.05) is 0 Å². The van der Waals surface area contributed by atoms with Crippen LogP contribution in [0.4, 0.5) is 0 Å². The molecule has 7 heteroatoms. The van der Waals surface area contributed by atoms with Gasteiger partial charge in [0.1, 0.15) is 0 Å². The molecule has 0 aliphatic carbocycles. The van der Waals surface area contributed by atoms with E-state index >= 15 is 0 Å². The minimum atomic E-state index is -1.06. The summed E-state index contributed by atoms with van der Waals surface area (Å²) in [4.78, 5) is 26.1. The largest absolute Gasteiger partial charge is 0.481 e. The highest BCUT2D eigenvalue weighted by atomic mass is 16.5. The molecule has 2 aliphatic heterocycles. The fraction of sp³-hybridized carbons (Fsp3) is 0.947. The van der Waals surface area contributed by atoms with Crippen LogP contribution in [-0.2, 0) is 14.3 Å². The average molecular weight is 641 g/mol. The predicted octanol–water partition coefficient (Wildman–Crippen LogP) is 9.67. The topological polar surface area (TPSA) is 90.3 Å². The van der Waals surface area contributed by atoms with Gasteiger partial charge in [-0.1, -0.05) is 142 Å². The van der Waals surface area contributed by atoms with Crippen LogP contribution in [0.2, 0.25) is 0 Å². The average Bonchev–Trinajstić information content (AvgIpc) is 3.62. The van der Waals surface area contributed by atoms with Crippen molar-refractivity contribution < 1.29 is 24.5 Å². The molecule has 2 N–H and O–H groups in total. The standard InChI is InChI=1S/2C15H33N.C8H10O5/c2*1-4-5-6-7-8-9-10-11-12-13-14-15-16(2)3;9-7(10)5-3-1-2-4(13-3)6(5)8(11)12/h2*4-15H2,1-3H3;3-6H,1-2H2,(H,9,10)(H,11,12)/t;;3-,4+,5-,6+. The van der Waals surface area contributed by atoms with Crippen molar-refractivity contribution in [3.05, 3.63) is 0 Å². The number of nitrogens with zero attached hydrogens (tertiary/aromatic N) is 2. The maximum Gasteiger partial charge on any atom is 0.310 e. The molecule has 2 bridgehead atoms. The molecule has 7 nitrogen and oxygen atoms in total. The van der Waals surface area contributed by atoms with Gasteiger partial charge in [0.15, 0.2) is 0 Å². The Balaban J connectivity index is 0.000000648. The molecule has 0 saturated carbocycles. The van der Waals surface area contributed by atoms with Crippen molar-refractivity contribution in [2.75, 3.05) is 41.3 Å². The molecule has 2 saturated heterocycles. The van der Waals surface area contributed by atoms with E-state index in [1.54, 1.807) is 0 Å². The molecule has 45 heavy (non-hydrogen) atoms. The quantitative estimate of drug-likeness (QED) is 0.0910. The Bertz CT molecular complexity index is 631. The highest BCUT2D eigenvalue weighted by Crippen LogP contribution is 2.43. The van der Waals surface area contributed by atoms with E-state index in [1.165, 1.54) is 154 Å². The summed E-state index contributed by atoms with van der Waals surface area (Å²) in [6, 6.07) is 0. The number of aliphatic carboxylic acids is 2. The molecule has 0 amide bonds. The molecule has 2 heterocycles. The van der Waals surface area contributed by atoms with Crippen LogP contribution < -0.4 is 0 Å². The summed E-state index contributed by atoms with van der Waals surface area (Å²) < 4.78 is 5.26. The minimum absolute atomic E-state index is 0.386. The summed E-state index contributed by atoms with van der Waals surface area (Å²) in [7, 11) is 8.65. The van der Waals surface area contributed by atoms with Crippen molar-refractivity contribution in [3.8, 4) is 0 Å². The summed E-state index contributed by atoms with van der Waals surface area (Å²) in [5.74, 6) is -3.81. The van der Waals surface area contributed by atoms with E-state index in [4.69, 9.17) is 14.9 Å². The molecule has 0 unspecified atom stereocenters. The van der Waals surface area contributed by atoms with Gasteiger partial charge in [-0.2, -0.15) is 0 Å². The number of unbranched alkanes of at least 4 members (excludes halogenated alkanes) is 20. The maximum atomic E-state index is 10.8. The van der Waals surface area contributed by atoms with Crippen molar-refractivity contribution in [1.29, 1.82) is 0 Å². The van der Waals surface area contributed by atoms with Gasteiger partial charge in [0, 0.05) is 0 Å². The number of hydrogen-bond acceptors (Lipinski definition) is 5. The van der Waals surface area contributed by atoms with Gasteiger partial charge in [-0.3, -0.25) is 9.59 Å². The van der Waals surface area contributed by atoms with E-state index < -0.39 is 23.8 Å². The number of carboxylic acid groups (broad SMARTS) is 2. The van der Waals surface area contributed by atoms with E-state index in [9.17, 15) is 9.59 Å². The molecule has 2 rings (SSSR count). The Morgan fingerprint density at radius 3 is 0.956 bits per heavy atom. The smallest absolute Gasteiger partial charge is 0.310 e. The van der Waals surface area contributed by atoms with Gasteiger partial charge in [-0.05, 0) is 67.0 Å². The van der Waals surface area contributed by atoms with Gasteiger partial charge in [-0.25, -0.2) is 0 Å². The second kappa shape index (κ2) is 30.2. The van der Waals surface area contributed by atoms with E-state index in [0.29, 0.717) is 12.8 Å². The molecular weight excluding hydrogens is 564 g/mol. The Morgan fingerprint density at radius 1 is 0.489 bits per heavy atom. The molecule has 2 fully saturated rings. The van der Waals surface area contributed by atoms with Crippen LogP contribution in [-0.4, -0.2) is 85.4 Å². The predicted molar refractivity (Wildman–Crippen MR) is 190 cm³/mol. The molecule has 0 aromatic heterocycles. The lowest BCUT2D eigenvalue weighted by Gasteiger charge is -2.20. The van der Waals surface area contributed by atoms with E-state index in [2.05, 4.69) is 51.8 Å². The lowest BCUT2D eigenvalue weighted by atomic mass is 9.79. The minimum Gasteiger partial charge on any atom is -0.481 e. The van der Waals surface area contributed by atoms with Crippen LogP contribution >= 0.6 is 0 Å². The zero-order valence-electron chi connectivity index (χ0n) is 30.7. The third-order valence-electron chi connectivity index (χ3n) is 9.26. The summed E-state index contributed by atoms with van der Waals surface area (Å²) in [5.41, 5.74) is 0. The van der Waals surface area contributed by atoms with Crippen molar-refractivity contribution >= 4 is 11.9 Å². The Hall–Kier alpha value is -1.18. The molecule has 2 aliphatic rings. The number of hydrogen-bond donors (Lipinski definition) is 2. The molecule has 0 aromatic carbocycles. The maximum absolute atomic E-state index is 10.8. The number of carbonyl (C=O) groups is 2. The zero-order chi connectivity index (χ0) is 33.7. The first-order valence-electron chi connectivity index (χ1n) is 19.1. The summed E-state index contributed by atoms with van der Waals surface area (Å²) in [6.07, 6.45) is 32.3. The molecule has 268 valence electrons. The summed E-state index contributed by atoms with van der Waals surface area (Å²) >= 11 is 0. The molecule has 0 aromatic rings. The normalized spacial score (nSPS) is 20.2. The molecule has 4 atom stereocenters. The zero-order valence-corrected chi connectivity index (χ0v) is 30.7. The molecule has 0 spiro atoms. The van der Waals surface area contributed by atoms with Crippen LogP contribution in [0.5, 0.6) is 0 Å². The summed E-state index contributed by atoms with van der Waals surface area (Å²) in [6.45, 7) is 7.09.